The summed E-state index contributed by atoms with van der Waals surface area (Å²) in [6.45, 7) is 6.31. The van der Waals surface area contributed by atoms with Crippen LogP contribution < -0.4 is 5.32 Å². The van der Waals surface area contributed by atoms with E-state index in [9.17, 15) is 0 Å². The molecule has 0 unspecified atom stereocenters. The third-order valence-electron chi connectivity index (χ3n) is 3.74. The summed E-state index contributed by atoms with van der Waals surface area (Å²) >= 11 is 0. The van der Waals surface area contributed by atoms with E-state index >= 15 is 0 Å². The fourth-order valence-corrected chi connectivity index (χ4v) is 2.57. The molecule has 0 radical (unpaired) electrons. The van der Waals surface area contributed by atoms with Gasteiger partial charge < -0.3 is 10.4 Å². The van der Waals surface area contributed by atoms with Gasteiger partial charge in [-0.2, -0.15) is 0 Å². The normalized spacial score (nSPS) is 15.0. The van der Waals surface area contributed by atoms with Gasteiger partial charge in [0.25, 0.3) is 0 Å². The molecule has 17 heavy (non-hydrogen) atoms. The van der Waals surface area contributed by atoms with Crippen LogP contribution in [0.1, 0.15) is 37.0 Å². The minimum absolute atomic E-state index is 0.132. The first kappa shape index (κ1) is 12.6. The Morgan fingerprint density at radius 3 is 2.76 bits per heavy atom. The van der Waals surface area contributed by atoms with Crippen LogP contribution in [0.5, 0.6) is 0 Å². The van der Waals surface area contributed by atoms with Crippen LogP contribution in [-0.2, 0) is 18.3 Å². The third kappa shape index (κ3) is 2.88. The molecule has 2 heteroatoms. The van der Waals surface area contributed by atoms with E-state index in [1.54, 1.807) is 0 Å². The summed E-state index contributed by atoms with van der Waals surface area (Å²) in [5, 5.41) is 12.1. The van der Waals surface area contributed by atoms with Gasteiger partial charge in [-0.1, -0.05) is 32.0 Å². The minimum Gasteiger partial charge on any atom is -0.395 e. The second-order valence-corrected chi connectivity index (χ2v) is 5.62. The quantitative estimate of drug-likeness (QED) is 0.763. The molecular weight excluding hydrogens is 210 g/mol. The van der Waals surface area contributed by atoms with Crippen LogP contribution >= 0.6 is 0 Å². The molecule has 0 aliphatic heterocycles. The first-order chi connectivity index (χ1) is 8.13. The van der Waals surface area contributed by atoms with Gasteiger partial charge in [0.15, 0.2) is 0 Å². The summed E-state index contributed by atoms with van der Waals surface area (Å²) in [4.78, 5) is 0. The first-order valence-electron chi connectivity index (χ1n) is 6.57. The van der Waals surface area contributed by atoms with Gasteiger partial charge in [-0.05, 0) is 36.0 Å². The van der Waals surface area contributed by atoms with Gasteiger partial charge in [0.05, 0.1) is 6.61 Å². The van der Waals surface area contributed by atoms with Gasteiger partial charge in [-0.15, -0.1) is 0 Å². The molecule has 0 heterocycles. The second kappa shape index (κ2) is 5.19. The summed E-state index contributed by atoms with van der Waals surface area (Å²) in [6, 6.07) is 6.94. The number of aryl methyl sites for hydroxylation is 2. The number of hydrogen-bond donors (Lipinski definition) is 2. The largest absolute Gasteiger partial charge is 0.395 e. The van der Waals surface area contributed by atoms with E-state index in [0.29, 0.717) is 6.54 Å². The lowest BCUT2D eigenvalue weighted by Gasteiger charge is -2.26. The minimum atomic E-state index is 0.132. The topological polar surface area (TPSA) is 32.3 Å². The molecular formula is C15H23NO. The van der Waals surface area contributed by atoms with Gasteiger partial charge in [-0.25, -0.2) is 0 Å². The van der Waals surface area contributed by atoms with E-state index in [0.717, 1.165) is 6.54 Å². The predicted molar refractivity (Wildman–Crippen MR) is 71.4 cm³/mol. The Morgan fingerprint density at radius 2 is 2.00 bits per heavy atom. The van der Waals surface area contributed by atoms with Crippen molar-refractivity contribution < 1.29 is 5.11 Å². The van der Waals surface area contributed by atoms with Crippen molar-refractivity contribution in [3.8, 4) is 0 Å². The number of hydrogen-bond acceptors (Lipinski definition) is 2. The summed E-state index contributed by atoms with van der Waals surface area (Å²) in [6.07, 6.45) is 3.80. The molecule has 0 spiro atoms. The molecule has 1 aliphatic carbocycles. The van der Waals surface area contributed by atoms with Crippen molar-refractivity contribution in [2.75, 3.05) is 19.7 Å². The molecule has 0 saturated heterocycles. The molecule has 2 nitrogen and oxygen atoms in total. The fraction of sp³-hybridized carbons (Fsp3) is 0.600. The molecule has 1 aromatic carbocycles. The molecule has 0 amide bonds. The Hall–Kier alpha value is -0.860. The van der Waals surface area contributed by atoms with Crippen molar-refractivity contribution in [2.45, 2.75) is 38.5 Å². The van der Waals surface area contributed by atoms with Gasteiger partial charge >= 0.3 is 0 Å². The van der Waals surface area contributed by atoms with E-state index in [2.05, 4.69) is 37.4 Å². The highest BCUT2D eigenvalue weighted by Gasteiger charge is 2.22. The Labute approximate surface area is 104 Å². The number of aliphatic hydroxyl groups excluding tert-OH is 1. The zero-order chi connectivity index (χ0) is 12.3. The molecule has 0 saturated carbocycles. The molecule has 94 valence electrons. The Morgan fingerprint density at radius 1 is 1.24 bits per heavy atom. The van der Waals surface area contributed by atoms with Crippen molar-refractivity contribution in [3.63, 3.8) is 0 Å². The molecule has 0 fully saturated rings. The SMILES string of the molecule is CC(C)(CNCCO)c1ccc2c(c1)CCC2. The number of fused-ring (bicyclic) bond motifs is 1. The van der Waals surface area contributed by atoms with Crippen LogP contribution in [0.2, 0.25) is 0 Å². The maximum absolute atomic E-state index is 8.80. The zero-order valence-electron chi connectivity index (χ0n) is 10.9. The van der Waals surface area contributed by atoms with Gasteiger partial charge in [0.2, 0.25) is 0 Å². The monoisotopic (exact) mass is 233 g/mol. The maximum Gasteiger partial charge on any atom is 0.0555 e. The van der Waals surface area contributed by atoms with Crippen molar-refractivity contribution in [1.82, 2.24) is 5.32 Å². The average Bonchev–Trinajstić information content (AvgIpc) is 2.76. The highest BCUT2D eigenvalue weighted by Crippen LogP contribution is 2.29. The van der Waals surface area contributed by atoms with Crippen molar-refractivity contribution in [2.24, 2.45) is 0 Å². The molecule has 0 bridgehead atoms. The standard InChI is InChI=1S/C15H23NO/c1-15(2,11-16-8-9-17)14-7-6-12-4-3-5-13(12)10-14/h6-7,10,16-17H,3-5,8-9,11H2,1-2H3. The molecule has 2 rings (SSSR count). The van der Waals surface area contributed by atoms with Crippen molar-refractivity contribution in [1.29, 1.82) is 0 Å². The summed E-state index contributed by atoms with van der Waals surface area (Å²) in [5.41, 5.74) is 4.61. The van der Waals surface area contributed by atoms with Crippen molar-refractivity contribution in [3.05, 3.63) is 34.9 Å². The zero-order valence-corrected chi connectivity index (χ0v) is 10.9. The predicted octanol–water partition coefficient (Wildman–Crippen LogP) is 2.03. The number of rotatable bonds is 5. The van der Waals surface area contributed by atoms with Gasteiger partial charge in [0, 0.05) is 18.5 Å². The lowest BCUT2D eigenvalue weighted by molar-refractivity contribution is 0.286. The van der Waals surface area contributed by atoms with Crippen LogP contribution in [0.25, 0.3) is 0 Å². The molecule has 2 N–H and O–H groups in total. The van der Waals surface area contributed by atoms with Crippen LogP contribution in [0, 0.1) is 0 Å². The Balaban J connectivity index is 2.10. The number of benzene rings is 1. The first-order valence-corrected chi connectivity index (χ1v) is 6.57. The lowest BCUT2D eigenvalue weighted by atomic mass is 9.83. The maximum atomic E-state index is 8.80. The molecule has 1 aromatic rings. The molecule has 0 atom stereocenters. The van der Waals surface area contributed by atoms with E-state index in [4.69, 9.17) is 5.11 Å². The van der Waals surface area contributed by atoms with Crippen LogP contribution in [0.3, 0.4) is 0 Å². The van der Waals surface area contributed by atoms with E-state index in [1.807, 2.05) is 0 Å². The fourth-order valence-electron chi connectivity index (χ4n) is 2.57. The third-order valence-corrected chi connectivity index (χ3v) is 3.74. The second-order valence-electron chi connectivity index (χ2n) is 5.62. The van der Waals surface area contributed by atoms with Crippen LogP contribution in [0.4, 0.5) is 0 Å². The highest BCUT2D eigenvalue weighted by atomic mass is 16.3. The van der Waals surface area contributed by atoms with E-state index in [1.165, 1.54) is 36.0 Å². The van der Waals surface area contributed by atoms with Gasteiger partial charge in [0.1, 0.15) is 0 Å². The van der Waals surface area contributed by atoms with Crippen LogP contribution in [0.15, 0.2) is 18.2 Å². The van der Waals surface area contributed by atoms with E-state index < -0.39 is 0 Å². The highest BCUT2D eigenvalue weighted by molar-refractivity contribution is 5.38. The Kier molecular flexibility index (Phi) is 3.85. The summed E-state index contributed by atoms with van der Waals surface area (Å²) in [7, 11) is 0. The van der Waals surface area contributed by atoms with Gasteiger partial charge in [-0.3, -0.25) is 0 Å². The van der Waals surface area contributed by atoms with Crippen molar-refractivity contribution >= 4 is 0 Å². The average molecular weight is 233 g/mol. The molecule has 1 aliphatic rings. The lowest BCUT2D eigenvalue weighted by Crippen LogP contribution is -2.34. The number of nitrogens with one attached hydrogen (secondary N) is 1. The smallest absolute Gasteiger partial charge is 0.0555 e. The van der Waals surface area contributed by atoms with Crippen LogP contribution in [-0.4, -0.2) is 24.8 Å². The summed E-state index contributed by atoms with van der Waals surface area (Å²) < 4.78 is 0. The summed E-state index contributed by atoms with van der Waals surface area (Å²) in [5.74, 6) is 0. The Bertz CT molecular complexity index is 385. The van der Waals surface area contributed by atoms with E-state index in [-0.39, 0.29) is 12.0 Å². The molecule has 0 aromatic heterocycles. The number of aliphatic hydroxyl groups is 1.